The minimum atomic E-state index is 0.191. The van der Waals surface area contributed by atoms with Gasteiger partial charge in [-0.2, -0.15) is 0 Å². The van der Waals surface area contributed by atoms with Crippen molar-refractivity contribution >= 4 is 28.9 Å². The first-order valence-corrected chi connectivity index (χ1v) is 3.56. The maximum atomic E-state index is 5.63. The van der Waals surface area contributed by atoms with E-state index in [1.165, 1.54) is 13.2 Å². The van der Waals surface area contributed by atoms with E-state index in [1.807, 2.05) is 0 Å². The van der Waals surface area contributed by atoms with Crippen LogP contribution in [-0.2, 0) is 0 Å². The van der Waals surface area contributed by atoms with E-state index >= 15 is 0 Å². The Morgan fingerprint density at radius 1 is 1.45 bits per heavy atom. The van der Waals surface area contributed by atoms with Crippen molar-refractivity contribution in [2.24, 2.45) is 0 Å². The second kappa shape index (κ2) is 3.15. The molecular formula is C6H6Cl2N2O. The molecule has 0 fully saturated rings. The van der Waals surface area contributed by atoms with Gasteiger partial charge in [-0.15, -0.1) is 0 Å². The number of aromatic nitrogens is 1. The number of pyridine rings is 1. The van der Waals surface area contributed by atoms with Gasteiger partial charge in [0.1, 0.15) is 0 Å². The van der Waals surface area contributed by atoms with Crippen LogP contribution in [0, 0.1) is 0 Å². The minimum absolute atomic E-state index is 0.191. The highest BCUT2D eigenvalue weighted by atomic mass is 35.5. The lowest BCUT2D eigenvalue weighted by Gasteiger charge is -2.03. The van der Waals surface area contributed by atoms with Crippen molar-refractivity contribution in [3.8, 4) is 5.75 Å². The fourth-order valence-corrected chi connectivity index (χ4v) is 1.01. The van der Waals surface area contributed by atoms with E-state index in [1.54, 1.807) is 0 Å². The molecule has 0 aliphatic carbocycles. The lowest BCUT2D eigenvalue weighted by atomic mass is 10.4. The third-order valence-electron chi connectivity index (χ3n) is 1.14. The normalized spacial score (nSPS) is 9.73. The van der Waals surface area contributed by atoms with Crippen molar-refractivity contribution in [3.63, 3.8) is 0 Å². The molecule has 3 nitrogen and oxygen atoms in total. The van der Waals surface area contributed by atoms with Crippen LogP contribution in [0.5, 0.6) is 5.75 Å². The van der Waals surface area contributed by atoms with Gasteiger partial charge in [0, 0.05) is 6.07 Å². The zero-order chi connectivity index (χ0) is 8.43. The molecule has 0 bridgehead atoms. The molecule has 1 aromatic heterocycles. The SMILES string of the molecule is COc1cc(N)c(Cl)nc1Cl. The summed E-state index contributed by atoms with van der Waals surface area (Å²) in [7, 11) is 1.48. The molecule has 0 spiro atoms. The number of nitrogens with two attached hydrogens (primary N) is 1. The third-order valence-corrected chi connectivity index (χ3v) is 1.72. The minimum Gasteiger partial charge on any atom is -0.493 e. The molecule has 0 saturated carbocycles. The van der Waals surface area contributed by atoms with Crippen molar-refractivity contribution in [2.75, 3.05) is 12.8 Å². The summed E-state index contributed by atoms with van der Waals surface area (Å²) in [5.74, 6) is 0.425. The predicted octanol–water partition coefficient (Wildman–Crippen LogP) is 1.98. The Kier molecular flexibility index (Phi) is 2.42. The maximum Gasteiger partial charge on any atom is 0.172 e. The predicted molar refractivity (Wildman–Crippen MR) is 45.2 cm³/mol. The van der Waals surface area contributed by atoms with Crippen LogP contribution in [0.25, 0.3) is 0 Å². The summed E-state index contributed by atoms with van der Waals surface area (Å²) in [6, 6.07) is 1.53. The summed E-state index contributed by atoms with van der Waals surface area (Å²) in [4.78, 5) is 3.72. The van der Waals surface area contributed by atoms with Gasteiger partial charge in [-0.3, -0.25) is 0 Å². The molecule has 0 aliphatic heterocycles. The van der Waals surface area contributed by atoms with Crippen LogP contribution in [0.4, 0.5) is 5.69 Å². The molecule has 60 valence electrons. The highest BCUT2D eigenvalue weighted by Crippen LogP contribution is 2.28. The van der Waals surface area contributed by atoms with Gasteiger partial charge in [0.05, 0.1) is 12.8 Å². The number of hydrogen-bond donors (Lipinski definition) is 1. The monoisotopic (exact) mass is 192 g/mol. The summed E-state index contributed by atoms with van der Waals surface area (Å²) < 4.78 is 4.85. The quantitative estimate of drug-likeness (QED) is 0.693. The molecule has 11 heavy (non-hydrogen) atoms. The molecule has 2 N–H and O–H groups in total. The Morgan fingerprint density at radius 2 is 2.09 bits per heavy atom. The molecule has 1 aromatic rings. The number of methoxy groups -OCH3 is 1. The van der Waals surface area contributed by atoms with E-state index in [2.05, 4.69) is 4.98 Å². The first kappa shape index (κ1) is 8.43. The van der Waals surface area contributed by atoms with Crippen LogP contribution in [0.1, 0.15) is 0 Å². The number of ether oxygens (including phenoxy) is 1. The summed E-state index contributed by atoms with van der Waals surface area (Å²) in [6.07, 6.45) is 0. The number of nitrogens with zero attached hydrogens (tertiary/aromatic N) is 1. The van der Waals surface area contributed by atoms with Crippen LogP contribution in [0.3, 0.4) is 0 Å². The first-order valence-electron chi connectivity index (χ1n) is 2.80. The lowest BCUT2D eigenvalue weighted by Crippen LogP contribution is -1.93. The van der Waals surface area contributed by atoms with Gasteiger partial charge in [0.2, 0.25) is 0 Å². The van der Waals surface area contributed by atoms with Crippen molar-refractivity contribution in [3.05, 3.63) is 16.4 Å². The van der Waals surface area contributed by atoms with Crippen LogP contribution in [-0.4, -0.2) is 12.1 Å². The van der Waals surface area contributed by atoms with E-state index in [0.29, 0.717) is 11.4 Å². The third kappa shape index (κ3) is 1.67. The smallest absolute Gasteiger partial charge is 0.172 e. The molecule has 1 rings (SSSR count). The Bertz CT molecular complexity index is 278. The lowest BCUT2D eigenvalue weighted by molar-refractivity contribution is 0.413. The van der Waals surface area contributed by atoms with Crippen LogP contribution in [0.2, 0.25) is 10.3 Å². The molecule has 0 amide bonds. The maximum absolute atomic E-state index is 5.63. The van der Waals surface area contributed by atoms with E-state index in [-0.39, 0.29) is 10.3 Å². The summed E-state index contributed by atoms with van der Waals surface area (Å²) in [5, 5.41) is 0.405. The molecule has 0 atom stereocenters. The van der Waals surface area contributed by atoms with Gasteiger partial charge in [0.15, 0.2) is 16.1 Å². The molecule has 1 heterocycles. The van der Waals surface area contributed by atoms with E-state index in [0.717, 1.165) is 0 Å². The second-order valence-electron chi connectivity index (χ2n) is 1.86. The highest BCUT2D eigenvalue weighted by Gasteiger charge is 2.05. The van der Waals surface area contributed by atoms with Gasteiger partial charge < -0.3 is 10.5 Å². The van der Waals surface area contributed by atoms with Gasteiger partial charge in [-0.25, -0.2) is 4.98 Å². The van der Waals surface area contributed by atoms with Gasteiger partial charge in [0.25, 0.3) is 0 Å². The van der Waals surface area contributed by atoms with Gasteiger partial charge >= 0.3 is 0 Å². The van der Waals surface area contributed by atoms with Crippen LogP contribution >= 0.6 is 23.2 Å². The largest absolute Gasteiger partial charge is 0.493 e. The van der Waals surface area contributed by atoms with Gasteiger partial charge in [-0.1, -0.05) is 23.2 Å². The second-order valence-corrected chi connectivity index (χ2v) is 2.58. The molecular weight excluding hydrogens is 187 g/mol. The Morgan fingerprint density at radius 3 is 2.64 bits per heavy atom. The first-order chi connectivity index (χ1) is 5.15. The molecule has 0 aliphatic rings. The fraction of sp³-hybridized carbons (Fsp3) is 0.167. The molecule has 5 heteroatoms. The Balaban J connectivity index is 3.21. The molecule has 0 saturated heterocycles. The van der Waals surface area contributed by atoms with E-state index in [9.17, 15) is 0 Å². The topological polar surface area (TPSA) is 48.1 Å². The Hall–Kier alpha value is -0.670. The molecule has 0 radical (unpaired) electrons. The fourth-order valence-electron chi connectivity index (χ4n) is 0.609. The van der Waals surface area contributed by atoms with E-state index < -0.39 is 0 Å². The summed E-state index contributed by atoms with van der Waals surface area (Å²) in [5.41, 5.74) is 5.79. The van der Waals surface area contributed by atoms with Crippen molar-refractivity contribution in [2.45, 2.75) is 0 Å². The standard InChI is InChI=1S/C6H6Cl2N2O/c1-11-4-2-3(9)5(7)10-6(4)8/h2H,9H2,1H3. The van der Waals surface area contributed by atoms with Crippen LogP contribution in [0.15, 0.2) is 6.07 Å². The van der Waals surface area contributed by atoms with Crippen LogP contribution < -0.4 is 10.5 Å². The highest BCUT2D eigenvalue weighted by molar-refractivity contribution is 6.34. The van der Waals surface area contributed by atoms with Crippen molar-refractivity contribution < 1.29 is 4.74 Å². The zero-order valence-corrected chi connectivity index (χ0v) is 7.28. The number of rotatable bonds is 1. The summed E-state index contributed by atoms with van der Waals surface area (Å²) >= 11 is 11.2. The average Bonchev–Trinajstić information content (AvgIpc) is 1.97. The number of nitrogen functional groups attached to an aromatic ring is 1. The molecule has 0 aromatic carbocycles. The number of anilines is 1. The summed E-state index contributed by atoms with van der Waals surface area (Å²) in [6.45, 7) is 0. The van der Waals surface area contributed by atoms with Crippen molar-refractivity contribution in [1.29, 1.82) is 0 Å². The van der Waals surface area contributed by atoms with Gasteiger partial charge in [-0.05, 0) is 0 Å². The number of hydrogen-bond acceptors (Lipinski definition) is 3. The van der Waals surface area contributed by atoms with Crippen molar-refractivity contribution in [1.82, 2.24) is 4.98 Å². The zero-order valence-electron chi connectivity index (χ0n) is 5.77. The number of halogens is 2. The molecule has 0 unspecified atom stereocenters. The Labute approximate surface area is 74.1 Å². The van der Waals surface area contributed by atoms with E-state index in [4.69, 9.17) is 33.7 Å². The average molecular weight is 193 g/mol.